The van der Waals surface area contributed by atoms with Gasteiger partial charge in [0.05, 0.1) is 11.0 Å². The molecule has 0 bridgehead atoms. The number of rotatable bonds is 3. The monoisotopic (exact) mass is 460 g/mol. The van der Waals surface area contributed by atoms with Crippen molar-refractivity contribution < 1.29 is 14.3 Å². The van der Waals surface area contributed by atoms with Crippen molar-refractivity contribution in [1.29, 1.82) is 0 Å². The van der Waals surface area contributed by atoms with Crippen LogP contribution in [-0.4, -0.2) is 27.9 Å². The van der Waals surface area contributed by atoms with E-state index in [0.29, 0.717) is 29.1 Å². The van der Waals surface area contributed by atoms with Crippen molar-refractivity contribution in [2.45, 2.75) is 78.2 Å². The van der Waals surface area contributed by atoms with E-state index in [9.17, 15) is 9.59 Å². The highest BCUT2D eigenvalue weighted by Gasteiger charge is 2.60. The van der Waals surface area contributed by atoms with Crippen LogP contribution in [0.25, 0.3) is 16.7 Å². The number of nitrogens with zero attached hydrogens (tertiary/aromatic N) is 2. The van der Waals surface area contributed by atoms with Crippen molar-refractivity contribution in [1.82, 2.24) is 9.55 Å². The zero-order chi connectivity index (χ0) is 23.7. The molecule has 1 aromatic heterocycles. The minimum atomic E-state index is -0.145. The number of esters is 1. The maximum Gasteiger partial charge on any atom is 0.302 e. The summed E-state index contributed by atoms with van der Waals surface area (Å²) in [5.41, 5.74) is 4.57. The Kier molecular flexibility index (Phi) is 5.06. The Morgan fingerprint density at radius 2 is 1.94 bits per heavy atom. The molecule has 34 heavy (non-hydrogen) atoms. The average molecular weight is 461 g/mol. The van der Waals surface area contributed by atoms with Gasteiger partial charge in [-0.3, -0.25) is 9.59 Å². The first-order chi connectivity index (χ1) is 16.3. The summed E-state index contributed by atoms with van der Waals surface area (Å²) in [4.78, 5) is 28.6. The molecule has 1 heterocycles. The second-order valence-corrected chi connectivity index (χ2v) is 11.9. The van der Waals surface area contributed by atoms with Crippen LogP contribution in [0.4, 0.5) is 0 Å². The topological polar surface area (TPSA) is 61.2 Å². The average Bonchev–Trinajstić information content (AvgIpc) is 3.36. The summed E-state index contributed by atoms with van der Waals surface area (Å²) in [6.07, 6.45) is 12.0. The summed E-state index contributed by atoms with van der Waals surface area (Å²) in [5.74, 6) is 2.33. The van der Waals surface area contributed by atoms with Crippen molar-refractivity contribution in [3.05, 3.63) is 36.2 Å². The molecular weight excluding hydrogens is 424 g/mol. The van der Waals surface area contributed by atoms with Gasteiger partial charge in [-0.25, -0.2) is 4.98 Å². The molecule has 0 N–H and O–H groups in total. The van der Waals surface area contributed by atoms with E-state index < -0.39 is 0 Å². The Morgan fingerprint density at radius 3 is 2.74 bits per heavy atom. The highest BCUT2D eigenvalue weighted by Crippen LogP contribution is 2.68. The van der Waals surface area contributed by atoms with E-state index in [-0.39, 0.29) is 17.5 Å². The Labute approximate surface area is 202 Å². The fraction of sp³-hybridized carbons (Fsp3) is 0.621. The van der Waals surface area contributed by atoms with Gasteiger partial charge in [-0.05, 0) is 92.6 Å². The second kappa shape index (κ2) is 7.79. The van der Waals surface area contributed by atoms with Crippen LogP contribution in [0.15, 0.2) is 36.2 Å². The lowest BCUT2D eigenvalue weighted by Gasteiger charge is -2.60. The first kappa shape index (κ1) is 22.1. The summed E-state index contributed by atoms with van der Waals surface area (Å²) < 4.78 is 7.85. The SMILES string of the molecule is CC(=O)O[C@H]1CC[C@]2(C)C3CC[C@]4(C)C(n5cnc6ccccc65)=C(C=O)CC4C3CC[C@H]2C1. The minimum Gasteiger partial charge on any atom is -0.463 e. The van der Waals surface area contributed by atoms with E-state index in [0.717, 1.165) is 55.0 Å². The number of carbonyl (C=O) groups excluding carboxylic acids is 2. The van der Waals surface area contributed by atoms with Crippen LogP contribution < -0.4 is 0 Å². The van der Waals surface area contributed by atoms with Gasteiger partial charge in [0.15, 0.2) is 0 Å². The number of fused-ring (bicyclic) bond motifs is 6. The number of hydrogen-bond acceptors (Lipinski definition) is 4. The van der Waals surface area contributed by atoms with Gasteiger partial charge in [0.2, 0.25) is 0 Å². The smallest absolute Gasteiger partial charge is 0.302 e. The van der Waals surface area contributed by atoms with Crippen LogP contribution in [0.5, 0.6) is 0 Å². The molecule has 3 saturated carbocycles. The molecule has 3 fully saturated rings. The lowest BCUT2D eigenvalue weighted by Crippen LogP contribution is -2.54. The zero-order valence-corrected chi connectivity index (χ0v) is 20.6. The van der Waals surface area contributed by atoms with Gasteiger partial charge in [-0.1, -0.05) is 26.0 Å². The van der Waals surface area contributed by atoms with Crippen molar-refractivity contribution in [2.75, 3.05) is 0 Å². The maximum atomic E-state index is 12.4. The molecule has 5 nitrogen and oxygen atoms in total. The molecule has 4 aliphatic carbocycles. The van der Waals surface area contributed by atoms with Gasteiger partial charge in [0.25, 0.3) is 0 Å². The summed E-state index contributed by atoms with van der Waals surface area (Å²) in [6.45, 7) is 6.47. The molecule has 0 aliphatic heterocycles. The fourth-order valence-electron chi connectivity index (χ4n) is 8.92. The molecule has 180 valence electrons. The van der Waals surface area contributed by atoms with Crippen molar-refractivity contribution in [3.8, 4) is 0 Å². The molecule has 7 atom stereocenters. The van der Waals surface area contributed by atoms with Crippen LogP contribution in [0.1, 0.15) is 72.1 Å². The number of allylic oxidation sites excluding steroid dienone is 2. The molecule has 4 aliphatic rings. The van der Waals surface area contributed by atoms with Crippen LogP contribution in [0, 0.1) is 34.5 Å². The minimum absolute atomic E-state index is 0.000971. The van der Waals surface area contributed by atoms with Gasteiger partial charge in [0.1, 0.15) is 18.7 Å². The number of imidazole rings is 1. The summed E-state index contributed by atoms with van der Waals surface area (Å²) >= 11 is 0. The van der Waals surface area contributed by atoms with Gasteiger partial charge in [0, 0.05) is 23.6 Å². The Bertz CT molecular complexity index is 1180. The summed E-state index contributed by atoms with van der Waals surface area (Å²) in [6, 6.07) is 8.25. The molecule has 0 spiro atoms. The molecule has 0 amide bonds. The molecular formula is C29H36N2O3. The first-order valence-corrected chi connectivity index (χ1v) is 13.1. The zero-order valence-electron chi connectivity index (χ0n) is 20.6. The molecule has 1 aromatic carbocycles. The highest BCUT2D eigenvalue weighted by atomic mass is 16.5. The third kappa shape index (κ3) is 3.08. The molecule has 2 aromatic rings. The predicted molar refractivity (Wildman–Crippen MR) is 132 cm³/mol. The van der Waals surface area contributed by atoms with Crippen LogP contribution in [0.2, 0.25) is 0 Å². The van der Waals surface area contributed by atoms with Crippen LogP contribution in [-0.2, 0) is 14.3 Å². The van der Waals surface area contributed by atoms with Gasteiger partial charge in [-0.15, -0.1) is 0 Å². The Balaban J connectivity index is 1.32. The summed E-state index contributed by atoms with van der Waals surface area (Å²) in [7, 11) is 0. The standard InChI is InChI=1S/C29H36N2O3/c1-18(33)34-21-10-12-28(2)20(15-21)8-9-22-23(28)11-13-29(3)24(22)14-19(16-32)27(29)31-17-30-25-6-4-5-7-26(25)31/h4-7,16-17,20-24H,8-15H2,1-3H3/t20-,21-,22?,23?,24?,28-,29-/m0/s1. The fourth-order valence-corrected chi connectivity index (χ4v) is 8.92. The molecule has 5 heteroatoms. The first-order valence-electron chi connectivity index (χ1n) is 13.1. The third-order valence-electron chi connectivity index (χ3n) is 10.5. The van der Waals surface area contributed by atoms with E-state index in [2.05, 4.69) is 35.5 Å². The van der Waals surface area contributed by atoms with E-state index >= 15 is 0 Å². The van der Waals surface area contributed by atoms with Gasteiger partial charge >= 0.3 is 5.97 Å². The number of carbonyl (C=O) groups is 2. The van der Waals surface area contributed by atoms with Crippen LogP contribution >= 0.6 is 0 Å². The Morgan fingerprint density at radius 1 is 1.12 bits per heavy atom. The number of ether oxygens (including phenoxy) is 1. The van der Waals surface area contributed by atoms with E-state index in [4.69, 9.17) is 4.74 Å². The predicted octanol–water partition coefficient (Wildman–Crippen LogP) is 6.03. The third-order valence-corrected chi connectivity index (χ3v) is 10.5. The van der Waals surface area contributed by atoms with Gasteiger partial charge in [-0.2, -0.15) is 0 Å². The second-order valence-electron chi connectivity index (χ2n) is 11.9. The highest BCUT2D eigenvalue weighted by molar-refractivity contribution is 5.90. The lowest BCUT2D eigenvalue weighted by atomic mass is 9.45. The Hall–Kier alpha value is -2.43. The van der Waals surface area contributed by atoms with Crippen molar-refractivity contribution in [2.24, 2.45) is 34.5 Å². The van der Waals surface area contributed by atoms with E-state index in [1.165, 1.54) is 31.9 Å². The number of para-hydroxylation sites is 2. The van der Waals surface area contributed by atoms with E-state index in [1.807, 2.05) is 18.5 Å². The molecule has 6 rings (SSSR count). The molecule has 0 radical (unpaired) electrons. The number of aromatic nitrogens is 2. The van der Waals surface area contributed by atoms with E-state index in [1.54, 1.807) is 0 Å². The van der Waals surface area contributed by atoms with Crippen molar-refractivity contribution >= 4 is 29.0 Å². The number of benzene rings is 1. The van der Waals surface area contributed by atoms with Gasteiger partial charge < -0.3 is 9.30 Å². The number of hydrogen-bond donors (Lipinski definition) is 0. The normalized spacial score (nSPS) is 39.3. The molecule has 0 saturated heterocycles. The summed E-state index contributed by atoms with van der Waals surface area (Å²) in [5, 5.41) is 0. The quantitative estimate of drug-likeness (QED) is 0.414. The van der Waals surface area contributed by atoms with Crippen LogP contribution in [0.3, 0.4) is 0 Å². The largest absolute Gasteiger partial charge is 0.463 e. The lowest BCUT2D eigenvalue weighted by molar-refractivity contribution is -0.158. The van der Waals surface area contributed by atoms with Crippen molar-refractivity contribution in [3.63, 3.8) is 0 Å². The molecule has 3 unspecified atom stereocenters. The maximum absolute atomic E-state index is 12.4. The number of aldehydes is 1.